The number of aromatic amines is 1. The van der Waals surface area contributed by atoms with Gasteiger partial charge in [-0.1, -0.05) is 0 Å². The third kappa shape index (κ3) is 2.93. The zero-order valence-electron chi connectivity index (χ0n) is 13.6. The van der Waals surface area contributed by atoms with Crippen LogP contribution in [0.15, 0.2) is 18.5 Å². The van der Waals surface area contributed by atoms with Gasteiger partial charge >= 0.3 is 0 Å². The molecule has 1 N–H and O–H groups in total. The Bertz CT molecular complexity index is 597. The Labute approximate surface area is 140 Å². The predicted octanol–water partition coefficient (Wildman–Crippen LogP) is 0.493. The monoisotopic (exact) mass is 333 g/mol. The van der Waals surface area contributed by atoms with E-state index in [0.717, 1.165) is 19.4 Å². The van der Waals surface area contributed by atoms with E-state index in [2.05, 4.69) is 4.98 Å². The van der Waals surface area contributed by atoms with Gasteiger partial charge in [0.1, 0.15) is 6.10 Å². The average molecular weight is 333 g/mol. The lowest BCUT2D eigenvalue weighted by atomic mass is 9.91. The lowest BCUT2D eigenvalue weighted by Gasteiger charge is -2.34. The minimum Gasteiger partial charge on any atom is -0.378 e. The summed E-state index contributed by atoms with van der Waals surface area (Å²) in [7, 11) is 0. The fourth-order valence-corrected chi connectivity index (χ4v) is 3.90. The molecule has 24 heavy (non-hydrogen) atoms. The van der Waals surface area contributed by atoms with E-state index in [-0.39, 0.29) is 24.0 Å². The number of hydrogen-bond acceptors (Lipinski definition) is 4. The van der Waals surface area contributed by atoms with Gasteiger partial charge in [-0.15, -0.1) is 0 Å². The number of aromatic nitrogens is 1. The largest absolute Gasteiger partial charge is 0.378 e. The van der Waals surface area contributed by atoms with E-state index in [1.54, 1.807) is 18.5 Å². The van der Waals surface area contributed by atoms with E-state index >= 15 is 0 Å². The second kappa shape index (κ2) is 6.57. The highest BCUT2D eigenvalue weighted by molar-refractivity contribution is 5.94. The van der Waals surface area contributed by atoms with E-state index < -0.39 is 0 Å². The number of morpholine rings is 1. The first kappa shape index (κ1) is 15.7. The van der Waals surface area contributed by atoms with E-state index in [4.69, 9.17) is 9.47 Å². The van der Waals surface area contributed by atoms with Crippen LogP contribution in [-0.2, 0) is 14.3 Å². The molecule has 3 saturated heterocycles. The number of amides is 2. The standard InChI is InChI=1S/C17H23N3O4/c21-16(13-1-3-18-10-13)20-4-2-12-9-14(24-15(12)11-20)17(22)19-5-7-23-8-6-19/h1,3,10,12,14-15,18H,2,4-9,11H2/t12-,14+,15-/m0/s1. The van der Waals surface area contributed by atoms with Crippen LogP contribution in [0.25, 0.3) is 0 Å². The number of nitrogens with one attached hydrogen (secondary N) is 1. The molecule has 0 aliphatic carbocycles. The molecular formula is C17H23N3O4. The van der Waals surface area contributed by atoms with Crippen molar-refractivity contribution in [3.63, 3.8) is 0 Å². The first-order valence-electron chi connectivity index (χ1n) is 8.66. The summed E-state index contributed by atoms with van der Waals surface area (Å²) in [6.07, 6.45) is 4.75. The van der Waals surface area contributed by atoms with Gasteiger partial charge in [0.15, 0.2) is 0 Å². The van der Waals surface area contributed by atoms with Gasteiger partial charge in [0, 0.05) is 38.6 Å². The summed E-state index contributed by atoms with van der Waals surface area (Å²) in [5.41, 5.74) is 0.674. The summed E-state index contributed by atoms with van der Waals surface area (Å²) in [5.74, 6) is 0.479. The van der Waals surface area contributed by atoms with Crippen LogP contribution in [0.2, 0.25) is 0 Å². The molecule has 1 aromatic heterocycles. The molecule has 0 radical (unpaired) electrons. The first-order valence-corrected chi connectivity index (χ1v) is 8.66. The molecule has 2 amide bonds. The topological polar surface area (TPSA) is 74.9 Å². The van der Waals surface area contributed by atoms with Crippen LogP contribution in [0.5, 0.6) is 0 Å². The van der Waals surface area contributed by atoms with Crippen LogP contribution in [-0.4, -0.2) is 78.2 Å². The van der Waals surface area contributed by atoms with Gasteiger partial charge in [0.25, 0.3) is 11.8 Å². The number of hydrogen-bond donors (Lipinski definition) is 1. The van der Waals surface area contributed by atoms with Crippen molar-refractivity contribution >= 4 is 11.8 Å². The maximum Gasteiger partial charge on any atom is 0.255 e. The summed E-state index contributed by atoms with van der Waals surface area (Å²) < 4.78 is 11.3. The summed E-state index contributed by atoms with van der Waals surface area (Å²) in [5, 5.41) is 0. The van der Waals surface area contributed by atoms with Crippen LogP contribution in [0.3, 0.4) is 0 Å². The van der Waals surface area contributed by atoms with Crippen LogP contribution in [0.1, 0.15) is 23.2 Å². The zero-order valence-corrected chi connectivity index (χ0v) is 13.6. The van der Waals surface area contributed by atoms with Gasteiger partial charge in [-0.3, -0.25) is 9.59 Å². The fourth-order valence-electron chi connectivity index (χ4n) is 3.90. The molecule has 0 aromatic carbocycles. The first-order chi connectivity index (χ1) is 11.7. The number of nitrogens with zero attached hydrogens (tertiary/aromatic N) is 2. The van der Waals surface area contributed by atoms with Gasteiger partial charge in [0.05, 0.1) is 24.9 Å². The van der Waals surface area contributed by atoms with Gasteiger partial charge in [-0.25, -0.2) is 0 Å². The molecule has 3 aliphatic heterocycles. The van der Waals surface area contributed by atoms with E-state index in [0.29, 0.717) is 44.3 Å². The van der Waals surface area contributed by atoms with Gasteiger partial charge in [-0.05, 0) is 24.8 Å². The molecule has 0 bridgehead atoms. The quantitative estimate of drug-likeness (QED) is 0.855. The van der Waals surface area contributed by atoms with Crippen molar-refractivity contribution in [1.82, 2.24) is 14.8 Å². The van der Waals surface area contributed by atoms with Crippen LogP contribution < -0.4 is 0 Å². The highest BCUT2D eigenvalue weighted by Gasteiger charge is 2.44. The molecule has 3 fully saturated rings. The SMILES string of the molecule is O=C(c1cc[nH]c1)N1CC[C@H]2C[C@H](C(=O)N3CCOCC3)O[C@H]2C1. The van der Waals surface area contributed by atoms with Gasteiger partial charge in [-0.2, -0.15) is 0 Å². The number of rotatable bonds is 2. The van der Waals surface area contributed by atoms with Crippen molar-refractivity contribution < 1.29 is 19.1 Å². The Morgan fingerprint density at radius 2 is 2.00 bits per heavy atom. The lowest BCUT2D eigenvalue weighted by Crippen LogP contribution is -2.46. The maximum atomic E-state index is 12.6. The highest BCUT2D eigenvalue weighted by atomic mass is 16.5. The molecule has 1 aromatic rings. The molecule has 4 heterocycles. The van der Waals surface area contributed by atoms with Crippen molar-refractivity contribution in [2.75, 3.05) is 39.4 Å². The van der Waals surface area contributed by atoms with Gasteiger partial charge in [0.2, 0.25) is 0 Å². The van der Waals surface area contributed by atoms with Crippen LogP contribution in [0, 0.1) is 5.92 Å². The molecular weight excluding hydrogens is 310 g/mol. The van der Waals surface area contributed by atoms with E-state index in [1.165, 1.54) is 0 Å². The second-order valence-electron chi connectivity index (χ2n) is 6.74. The molecule has 7 nitrogen and oxygen atoms in total. The molecule has 3 atom stereocenters. The molecule has 0 saturated carbocycles. The summed E-state index contributed by atoms with van der Waals surface area (Å²) in [6, 6.07) is 1.79. The minimum absolute atomic E-state index is 0.0289. The molecule has 130 valence electrons. The average Bonchev–Trinajstić information content (AvgIpc) is 3.30. The number of carbonyl (C=O) groups excluding carboxylic acids is 2. The third-order valence-corrected chi connectivity index (χ3v) is 5.28. The lowest BCUT2D eigenvalue weighted by molar-refractivity contribution is -0.147. The van der Waals surface area contributed by atoms with Crippen molar-refractivity contribution in [1.29, 1.82) is 0 Å². The molecule has 3 aliphatic rings. The van der Waals surface area contributed by atoms with Crippen molar-refractivity contribution in [2.45, 2.75) is 25.0 Å². The van der Waals surface area contributed by atoms with E-state index in [9.17, 15) is 9.59 Å². The second-order valence-corrected chi connectivity index (χ2v) is 6.74. The molecule has 4 rings (SSSR count). The Balaban J connectivity index is 1.37. The zero-order chi connectivity index (χ0) is 16.5. The number of ether oxygens (including phenoxy) is 2. The smallest absolute Gasteiger partial charge is 0.255 e. The molecule has 0 spiro atoms. The minimum atomic E-state index is -0.361. The Morgan fingerprint density at radius 1 is 1.17 bits per heavy atom. The molecule has 7 heteroatoms. The number of carbonyl (C=O) groups is 2. The normalized spacial score (nSPS) is 30.2. The van der Waals surface area contributed by atoms with Crippen LogP contribution in [0.4, 0.5) is 0 Å². The molecule has 0 unspecified atom stereocenters. The van der Waals surface area contributed by atoms with E-state index in [1.807, 2.05) is 9.80 Å². The maximum absolute atomic E-state index is 12.6. The number of likely N-dealkylation sites (tertiary alicyclic amines) is 1. The number of piperidine rings is 1. The van der Waals surface area contributed by atoms with Crippen molar-refractivity contribution in [3.8, 4) is 0 Å². The van der Waals surface area contributed by atoms with Crippen LogP contribution >= 0.6 is 0 Å². The summed E-state index contributed by atoms with van der Waals surface area (Å²) in [6.45, 7) is 3.79. The Hall–Kier alpha value is -1.86. The van der Waals surface area contributed by atoms with Crippen molar-refractivity contribution in [2.24, 2.45) is 5.92 Å². The fraction of sp³-hybridized carbons (Fsp3) is 0.647. The summed E-state index contributed by atoms with van der Waals surface area (Å²) in [4.78, 5) is 31.7. The summed E-state index contributed by atoms with van der Waals surface area (Å²) >= 11 is 0. The Kier molecular flexibility index (Phi) is 4.28. The highest BCUT2D eigenvalue weighted by Crippen LogP contribution is 2.34. The third-order valence-electron chi connectivity index (χ3n) is 5.28. The van der Waals surface area contributed by atoms with Gasteiger partial charge < -0.3 is 24.3 Å². The number of H-pyrrole nitrogens is 1. The number of fused-ring (bicyclic) bond motifs is 1. The predicted molar refractivity (Wildman–Crippen MR) is 85.5 cm³/mol. The van der Waals surface area contributed by atoms with Crippen molar-refractivity contribution in [3.05, 3.63) is 24.0 Å². The Morgan fingerprint density at radius 3 is 2.75 bits per heavy atom.